The molecule has 0 saturated heterocycles. The van der Waals surface area contributed by atoms with Crippen molar-refractivity contribution in [2.45, 2.75) is 12.8 Å². The zero-order chi connectivity index (χ0) is 13.8. The van der Waals surface area contributed by atoms with Crippen LogP contribution in [-0.4, -0.2) is 17.4 Å². The monoisotopic (exact) mass is 284 g/mol. The van der Waals surface area contributed by atoms with E-state index in [0.717, 1.165) is 16.8 Å². The molecule has 0 aliphatic carbocycles. The number of carbonyl (C=O) groups excluding carboxylic acids is 1. The van der Waals surface area contributed by atoms with Gasteiger partial charge in [0, 0.05) is 28.5 Å². The maximum absolute atomic E-state index is 11.8. The Balaban J connectivity index is 1.53. The molecule has 1 amide bonds. The third-order valence-corrected chi connectivity index (χ3v) is 4.18. The minimum Gasteiger partial charge on any atom is -0.361 e. The van der Waals surface area contributed by atoms with E-state index in [1.54, 1.807) is 11.3 Å². The average Bonchev–Trinajstić information content (AvgIpc) is 3.09. The van der Waals surface area contributed by atoms with Crippen LogP contribution in [0.15, 0.2) is 48.0 Å². The van der Waals surface area contributed by atoms with Gasteiger partial charge in [0.05, 0.1) is 6.42 Å². The Morgan fingerprint density at radius 1 is 1.20 bits per heavy atom. The lowest BCUT2D eigenvalue weighted by molar-refractivity contribution is -0.120. The summed E-state index contributed by atoms with van der Waals surface area (Å²) in [5.74, 6) is 0.0901. The Labute approximate surface area is 121 Å². The number of aromatic amines is 1. The SMILES string of the molecule is O=C(Cc1cccs1)NCCc1c[nH]c2ccccc12. The molecule has 0 saturated carbocycles. The van der Waals surface area contributed by atoms with Gasteiger partial charge in [0.25, 0.3) is 0 Å². The van der Waals surface area contributed by atoms with E-state index in [9.17, 15) is 4.79 Å². The zero-order valence-corrected chi connectivity index (χ0v) is 11.9. The molecular weight excluding hydrogens is 268 g/mol. The molecule has 0 spiro atoms. The molecule has 0 aliphatic heterocycles. The fraction of sp³-hybridized carbons (Fsp3) is 0.188. The first-order chi connectivity index (χ1) is 9.83. The van der Waals surface area contributed by atoms with E-state index < -0.39 is 0 Å². The van der Waals surface area contributed by atoms with Crippen molar-refractivity contribution in [3.8, 4) is 0 Å². The average molecular weight is 284 g/mol. The molecule has 20 heavy (non-hydrogen) atoms. The van der Waals surface area contributed by atoms with Crippen molar-refractivity contribution in [1.82, 2.24) is 10.3 Å². The number of rotatable bonds is 5. The summed E-state index contributed by atoms with van der Waals surface area (Å²) in [7, 11) is 0. The fourth-order valence-electron chi connectivity index (χ4n) is 2.31. The van der Waals surface area contributed by atoms with Crippen molar-refractivity contribution < 1.29 is 4.79 Å². The normalized spacial score (nSPS) is 10.8. The summed E-state index contributed by atoms with van der Waals surface area (Å²) in [6.07, 6.45) is 3.35. The van der Waals surface area contributed by atoms with Crippen molar-refractivity contribution in [3.63, 3.8) is 0 Å². The summed E-state index contributed by atoms with van der Waals surface area (Å²) in [6, 6.07) is 12.2. The van der Waals surface area contributed by atoms with Crippen LogP contribution in [0.25, 0.3) is 10.9 Å². The quantitative estimate of drug-likeness (QED) is 0.743. The molecule has 2 aromatic heterocycles. The van der Waals surface area contributed by atoms with E-state index in [4.69, 9.17) is 0 Å². The van der Waals surface area contributed by atoms with E-state index in [1.807, 2.05) is 35.8 Å². The van der Waals surface area contributed by atoms with Gasteiger partial charge in [0.15, 0.2) is 0 Å². The van der Waals surface area contributed by atoms with Crippen LogP contribution in [0.2, 0.25) is 0 Å². The van der Waals surface area contributed by atoms with Gasteiger partial charge in [-0.25, -0.2) is 0 Å². The topological polar surface area (TPSA) is 44.9 Å². The van der Waals surface area contributed by atoms with Crippen LogP contribution in [0.3, 0.4) is 0 Å². The van der Waals surface area contributed by atoms with E-state index in [-0.39, 0.29) is 5.91 Å². The number of H-pyrrole nitrogens is 1. The Bertz CT molecular complexity index is 700. The van der Waals surface area contributed by atoms with Gasteiger partial charge in [0.1, 0.15) is 0 Å². The highest BCUT2D eigenvalue weighted by atomic mass is 32.1. The molecular formula is C16H16N2OS. The first-order valence-corrected chi connectivity index (χ1v) is 7.55. The number of benzene rings is 1. The minimum absolute atomic E-state index is 0.0901. The molecule has 2 N–H and O–H groups in total. The highest BCUT2D eigenvalue weighted by Gasteiger charge is 2.05. The predicted molar refractivity (Wildman–Crippen MR) is 83.0 cm³/mol. The number of para-hydroxylation sites is 1. The predicted octanol–water partition coefficient (Wildman–Crippen LogP) is 3.13. The van der Waals surface area contributed by atoms with Crippen LogP contribution in [0.5, 0.6) is 0 Å². The maximum Gasteiger partial charge on any atom is 0.225 e. The maximum atomic E-state index is 11.8. The van der Waals surface area contributed by atoms with Crippen LogP contribution in [-0.2, 0) is 17.6 Å². The lowest BCUT2D eigenvalue weighted by Crippen LogP contribution is -2.26. The van der Waals surface area contributed by atoms with Crippen molar-refractivity contribution in [2.75, 3.05) is 6.54 Å². The smallest absolute Gasteiger partial charge is 0.225 e. The molecule has 0 unspecified atom stereocenters. The number of nitrogens with one attached hydrogen (secondary N) is 2. The van der Waals surface area contributed by atoms with Crippen LogP contribution in [0.1, 0.15) is 10.4 Å². The largest absolute Gasteiger partial charge is 0.361 e. The third-order valence-electron chi connectivity index (χ3n) is 3.31. The Kier molecular flexibility index (Phi) is 3.83. The molecule has 0 fully saturated rings. The minimum atomic E-state index is 0.0901. The molecule has 1 aromatic carbocycles. The molecule has 102 valence electrons. The summed E-state index contributed by atoms with van der Waals surface area (Å²) < 4.78 is 0. The number of carbonyl (C=O) groups is 1. The molecule has 0 bridgehead atoms. The Hall–Kier alpha value is -2.07. The molecule has 3 nitrogen and oxygen atoms in total. The standard InChI is InChI=1S/C16H16N2OS/c19-16(10-13-4-3-9-20-13)17-8-7-12-11-18-15-6-2-1-5-14(12)15/h1-6,9,11,18H,7-8,10H2,(H,17,19). The highest BCUT2D eigenvalue weighted by Crippen LogP contribution is 2.17. The molecule has 0 aliphatic rings. The summed E-state index contributed by atoms with van der Waals surface area (Å²) in [5, 5.41) is 6.21. The number of hydrogen-bond donors (Lipinski definition) is 2. The number of aromatic nitrogens is 1. The van der Waals surface area contributed by atoms with Gasteiger partial charge in [-0.2, -0.15) is 0 Å². The van der Waals surface area contributed by atoms with Crippen LogP contribution < -0.4 is 5.32 Å². The van der Waals surface area contributed by atoms with Crippen molar-refractivity contribution in [2.24, 2.45) is 0 Å². The number of hydrogen-bond acceptors (Lipinski definition) is 2. The molecule has 3 rings (SSSR count). The van der Waals surface area contributed by atoms with E-state index in [2.05, 4.69) is 22.4 Å². The molecule has 2 heterocycles. The van der Waals surface area contributed by atoms with Gasteiger partial charge in [-0.15, -0.1) is 11.3 Å². The first-order valence-electron chi connectivity index (χ1n) is 6.67. The lowest BCUT2D eigenvalue weighted by atomic mass is 10.1. The lowest BCUT2D eigenvalue weighted by Gasteiger charge is -2.03. The van der Waals surface area contributed by atoms with E-state index in [0.29, 0.717) is 13.0 Å². The van der Waals surface area contributed by atoms with Crippen LogP contribution in [0, 0.1) is 0 Å². The molecule has 3 aromatic rings. The van der Waals surface area contributed by atoms with E-state index >= 15 is 0 Å². The second kappa shape index (κ2) is 5.92. The summed E-state index contributed by atoms with van der Waals surface area (Å²) in [6.45, 7) is 0.673. The van der Waals surface area contributed by atoms with Gasteiger partial charge < -0.3 is 10.3 Å². The molecule has 0 atom stereocenters. The summed E-state index contributed by atoms with van der Waals surface area (Å²) in [5.41, 5.74) is 2.39. The first kappa shape index (κ1) is 12.9. The van der Waals surface area contributed by atoms with Gasteiger partial charge in [-0.3, -0.25) is 4.79 Å². The number of thiophene rings is 1. The second-order valence-corrected chi connectivity index (χ2v) is 5.75. The molecule has 4 heteroatoms. The molecule has 0 radical (unpaired) electrons. The van der Waals surface area contributed by atoms with Crippen LogP contribution in [0.4, 0.5) is 0 Å². The van der Waals surface area contributed by atoms with Gasteiger partial charge in [0.2, 0.25) is 5.91 Å². The van der Waals surface area contributed by atoms with E-state index in [1.165, 1.54) is 10.9 Å². The third kappa shape index (κ3) is 2.91. The number of fused-ring (bicyclic) bond motifs is 1. The van der Waals surface area contributed by atoms with Gasteiger partial charge in [-0.05, 0) is 29.5 Å². The van der Waals surface area contributed by atoms with Gasteiger partial charge >= 0.3 is 0 Å². The van der Waals surface area contributed by atoms with Crippen molar-refractivity contribution >= 4 is 28.1 Å². The second-order valence-electron chi connectivity index (χ2n) is 4.72. The van der Waals surface area contributed by atoms with Crippen LogP contribution >= 0.6 is 11.3 Å². The zero-order valence-electron chi connectivity index (χ0n) is 11.1. The van der Waals surface area contributed by atoms with Gasteiger partial charge in [-0.1, -0.05) is 24.3 Å². The summed E-state index contributed by atoms with van der Waals surface area (Å²) in [4.78, 5) is 16.1. The van der Waals surface area contributed by atoms with Crippen molar-refractivity contribution in [3.05, 3.63) is 58.4 Å². The number of amides is 1. The highest BCUT2D eigenvalue weighted by molar-refractivity contribution is 7.10. The van der Waals surface area contributed by atoms with Crippen molar-refractivity contribution in [1.29, 1.82) is 0 Å². The Morgan fingerprint density at radius 2 is 2.10 bits per heavy atom. The summed E-state index contributed by atoms with van der Waals surface area (Å²) >= 11 is 1.62. The fourth-order valence-corrected chi connectivity index (χ4v) is 3.01. The Morgan fingerprint density at radius 3 is 2.95 bits per heavy atom.